The van der Waals surface area contributed by atoms with Crippen LogP contribution in [0.3, 0.4) is 0 Å². The van der Waals surface area contributed by atoms with Gasteiger partial charge in [0.2, 0.25) is 0 Å². The van der Waals surface area contributed by atoms with E-state index in [4.69, 9.17) is 5.41 Å². The standard InChI is InChI=1S/C30H31NO4/c1-3-5-28(33)26(29(34)19-32)16-20(2)30(35)25-12-10-21(11-13-25)8-9-22-6-4-7-23(17-22)18-27(31)24-14-15-24/h3-7,10-13,17,20,24,26,31-32H,14-16,18-19H2,1-2H3/b5-3+,31-27?. The van der Waals surface area contributed by atoms with Crippen LogP contribution in [0, 0.1) is 35.0 Å². The Kier molecular flexibility index (Phi) is 9.05. The van der Waals surface area contributed by atoms with Crippen LogP contribution in [-0.4, -0.2) is 34.8 Å². The van der Waals surface area contributed by atoms with Crippen molar-refractivity contribution in [1.82, 2.24) is 0 Å². The zero-order chi connectivity index (χ0) is 25.4. The lowest BCUT2D eigenvalue weighted by Crippen LogP contribution is -2.29. The number of benzene rings is 2. The normalized spacial score (nSPS) is 14.6. The second-order valence-corrected chi connectivity index (χ2v) is 9.08. The van der Waals surface area contributed by atoms with Gasteiger partial charge in [-0.3, -0.25) is 14.4 Å². The maximum Gasteiger partial charge on any atom is 0.168 e. The highest BCUT2D eigenvalue weighted by Crippen LogP contribution is 2.31. The molecule has 2 aromatic rings. The summed E-state index contributed by atoms with van der Waals surface area (Å²) in [5.41, 5.74) is 4.02. The van der Waals surface area contributed by atoms with Crippen molar-refractivity contribution in [2.24, 2.45) is 17.8 Å². The van der Waals surface area contributed by atoms with Gasteiger partial charge >= 0.3 is 0 Å². The molecule has 0 aliphatic heterocycles. The maximum absolute atomic E-state index is 12.9. The van der Waals surface area contributed by atoms with Crippen LogP contribution in [0.15, 0.2) is 60.7 Å². The number of aliphatic hydroxyl groups is 1. The largest absolute Gasteiger partial charge is 0.389 e. The Balaban J connectivity index is 1.65. The molecular formula is C30H31NO4. The Morgan fingerprint density at radius 3 is 2.40 bits per heavy atom. The average Bonchev–Trinajstić information content (AvgIpc) is 3.71. The van der Waals surface area contributed by atoms with Gasteiger partial charge < -0.3 is 10.5 Å². The Hall–Kier alpha value is -3.62. The number of hydrogen-bond acceptors (Lipinski definition) is 5. The number of ketones is 3. The van der Waals surface area contributed by atoms with Crippen LogP contribution >= 0.6 is 0 Å². The molecular weight excluding hydrogens is 438 g/mol. The molecule has 0 saturated heterocycles. The van der Waals surface area contributed by atoms with Gasteiger partial charge in [0.25, 0.3) is 0 Å². The second kappa shape index (κ2) is 12.2. The summed E-state index contributed by atoms with van der Waals surface area (Å²) < 4.78 is 0. The van der Waals surface area contributed by atoms with Crippen molar-refractivity contribution in [3.63, 3.8) is 0 Å². The van der Waals surface area contributed by atoms with Crippen molar-refractivity contribution in [1.29, 1.82) is 5.41 Å². The molecule has 3 rings (SSSR count). The van der Waals surface area contributed by atoms with E-state index in [0.717, 1.165) is 35.2 Å². The summed E-state index contributed by atoms with van der Waals surface area (Å²) >= 11 is 0. The maximum atomic E-state index is 12.9. The summed E-state index contributed by atoms with van der Waals surface area (Å²) in [6.45, 7) is 2.63. The van der Waals surface area contributed by atoms with E-state index < -0.39 is 30.0 Å². The van der Waals surface area contributed by atoms with Gasteiger partial charge in [-0.05, 0) is 68.0 Å². The third-order valence-corrected chi connectivity index (χ3v) is 6.17. The van der Waals surface area contributed by atoms with Crippen LogP contribution < -0.4 is 0 Å². The molecule has 0 spiro atoms. The average molecular weight is 470 g/mol. The fraction of sp³-hybridized carbons (Fsp3) is 0.333. The summed E-state index contributed by atoms with van der Waals surface area (Å²) in [6, 6.07) is 14.9. The lowest BCUT2D eigenvalue weighted by molar-refractivity contribution is -0.132. The highest BCUT2D eigenvalue weighted by Gasteiger charge is 2.29. The van der Waals surface area contributed by atoms with Gasteiger partial charge in [0.05, 0.1) is 5.92 Å². The van der Waals surface area contributed by atoms with Gasteiger partial charge in [0.1, 0.15) is 6.61 Å². The molecule has 35 heavy (non-hydrogen) atoms. The van der Waals surface area contributed by atoms with Gasteiger partial charge in [-0.25, -0.2) is 0 Å². The summed E-state index contributed by atoms with van der Waals surface area (Å²) in [4.78, 5) is 37.1. The van der Waals surface area contributed by atoms with Crippen molar-refractivity contribution in [3.8, 4) is 11.8 Å². The number of allylic oxidation sites excluding steroid dienone is 2. The van der Waals surface area contributed by atoms with Gasteiger partial charge in [0.15, 0.2) is 17.3 Å². The first-order valence-corrected chi connectivity index (χ1v) is 11.9. The van der Waals surface area contributed by atoms with E-state index >= 15 is 0 Å². The highest BCUT2D eigenvalue weighted by molar-refractivity contribution is 6.08. The van der Waals surface area contributed by atoms with Crippen molar-refractivity contribution in [3.05, 3.63) is 82.9 Å². The van der Waals surface area contributed by atoms with Gasteiger partial charge in [-0.15, -0.1) is 0 Å². The van der Waals surface area contributed by atoms with Gasteiger partial charge in [0, 0.05) is 34.7 Å². The first-order chi connectivity index (χ1) is 16.8. The zero-order valence-corrected chi connectivity index (χ0v) is 20.2. The lowest BCUT2D eigenvalue weighted by Gasteiger charge is -2.16. The molecule has 1 fully saturated rings. The first kappa shape index (κ1) is 26.0. The van der Waals surface area contributed by atoms with Crippen molar-refractivity contribution in [2.45, 2.75) is 39.5 Å². The van der Waals surface area contributed by atoms with Crippen LogP contribution in [0.4, 0.5) is 0 Å². The molecule has 5 nitrogen and oxygen atoms in total. The van der Waals surface area contributed by atoms with Crippen LogP contribution in [0.5, 0.6) is 0 Å². The Labute approximate surface area is 206 Å². The minimum atomic E-state index is -1.02. The lowest BCUT2D eigenvalue weighted by atomic mass is 9.85. The fourth-order valence-electron chi connectivity index (χ4n) is 3.96. The topological polar surface area (TPSA) is 95.3 Å². The number of carbonyl (C=O) groups excluding carboxylic acids is 3. The molecule has 1 aliphatic carbocycles. The molecule has 0 amide bonds. The predicted molar refractivity (Wildman–Crippen MR) is 137 cm³/mol. The van der Waals surface area contributed by atoms with E-state index in [9.17, 15) is 19.5 Å². The molecule has 180 valence electrons. The number of nitrogens with one attached hydrogen (secondary N) is 1. The smallest absolute Gasteiger partial charge is 0.168 e. The van der Waals surface area contributed by atoms with E-state index in [-0.39, 0.29) is 12.2 Å². The van der Waals surface area contributed by atoms with E-state index in [0.29, 0.717) is 17.9 Å². The summed E-state index contributed by atoms with van der Waals surface area (Å²) in [6.07, 6.45) is 5.83. The van der Waals surface area contributed by atoms with E-state index in [1.54, 1.807) is 44.2 Å². The Morgan fingerprint density at radius 2 is 1.77 bits per heavy atom. The van der Waals surface area contributed by atoms with Crippen LogP contribution in [0.2, 0.25) is 0 Å². The van der Waals surface area contributed by atoms with Crippen LogP contribution in [0.1, 0.15) is 60.2 Å². The molecule has 1 saturated carbocycles. The molecule has 1 aliphatic rings. The number of aliphatic hydroxyl groups excluding tert-OH is 1. The van der Waals surface area contributed by atoms with E-state index in [1.807, 2.05) is 24.3 Å². The summed E-state index contributed by atoms with van der Waals surface area (Å²) in [5, 5.41) is 17.3. The van der Waals surface area contributed by atoms with Gasteiger partial charge in [-0.1, -0.05) is 49.1 Å². The van der Waals surface area contributed by atoms with Gasteiger partial charge in [-0.2, -0.15) is 0 Å². The molecule has 2 unspecified atom stereocenters. The third kappa shape index (κ3) is 7.43. The molecule has 0 aromatic heterocycles. The molecule has 2 aromatic carbocycles. The number of rotatable bonds is 11. The molecule has 2 atom stereocenters. The minimum Gasteiger partial charge on any atom is -0.389 e. The molecule has 0 radical (unpaired) electrons. The van der Waals surface area contributed by atoms with E-state index in [2.05, 4.69) is 11.8 Å². The first-order valence-electron chi connectivity index (χ1n) is 11.9. The summed E-state index contributed by atoms with van der Waals surface area (Å²) in [5.74, 6) is 4.00. The van der Waals surface area contributed by atoms with Crippen molar-refractivity contribution in [2.75, 3.05) is 6.61 Å². The second-order valence-electron chi connectivity index (χ2n) is 9.08. The molecule has 0 heterocycles. The van der Waals surface area contributed by atoms with Crippen LogP contribution in [0.25, 0.3) is 0 Å². The monoisotopic (exact) mass is 469 g/mol. The molecule has 5 heteroatoms. The fourth-order valence-corrected chi connectivity index (χ4v) is 3.96. The number of carbonyl (C=O) groups is 3. The quantitative estimate of drug-likeness (QED) is 0.165. The Bertz CT molecular complexity index is 1190. The molecule has 0 bridgehead atoms. The van der Waals surface area contributed by atoms with E-state index in [1.165, 1.54) is 6.08 Å². The molecule has 2 N–H and O–H groups in total. The third-order valence-electron chi connectivity index (χ3n) is 6.17. The zero-order valence-electron chi connectivity index (χ0n) is 20.2. The number of Topliss-reactive ketones (excluding diaryl/α,β-unsaturated/α-hetero) is 2. The summed E-state index contributed by atoms with van der Waals surface area (Å²) in [7, 11) is 0. The minimum absolute atomic E-state index is 0.0531. The Morgan fingerprint density at radius 1 is 1.09 bits per heavy atom. The van der Waals surface area contributed by atoms with Crippen LogP contribution in [-0.2, 0) is 16.0 Å². The van der Waals surface area contributed by atoms with Crippen molar-refractivity contribution < 1.29 is 19.5 Å². The van der Waals surface area contributed by atoms with Crippen molar-refractivity contribution >= 4 is 23.1 Å². The predicted octanol–water partition coefficient (Wildman–Crippen LogP) is 4.59. The number of hydrogen-bond donors (Lipinski definition) is 2. The SMILES string of the molecule is C/C=C/C(=O)C(CC(C)C(=O)c1ccc(C#Cc2cccc(CC(=N)C3CC3)c2)cc1)C(=O)CO. The highest BCUT2D eigenvalue weighted by atomic mass is 16.3.